The molecule has 146 valence electrons. The van der Waals surface area contributed by atoms with E-state index >= 15 is 0 Å². The van der Waals surface area contributed by atoms with E-state index in [4.69, 9.17) is 5.10 Å². The Morgan fingerprint density at radius 1 is 1.23 bits per heavy atom. The van der Waals surface area contributed by atoms with Crippen molar-refractivity contribution < 1.29 is 8.42 Å². The van der Waals surface area contributed by atoms with Crippen molar-refractivity contribution in [3.05, 3.63) is 17.5 Å². The number of nitrogens with zero attached hydrogens (tertiary/aromatic N) is 3. The monoisotopic (exact) mass is 380 g/mol. The molecule has 2 bridgehead atoms. The van der Waals surface area contributed by atoms with Gasteiger partial charge in [0.25, 0.3) is 0 Å². The minimum atomic E-state index is -3.11. The average molecular weight is 381 g/mol. The van der Waals surface area contributed by atoms with Crippen LogP contribution in [0.3, 0.4) is 0 Å². The van der Waals surface area contributed by atoms with Crippen LogP contribution in [0.2, 0.25) is 0 Å². The number of sulfonamides is 1. The van der Waals surface area contributed by atoms with Gasteiger partial charge in [0.15, 0.2) is 0 Å². The van der Waals surface area contributed by atoms with E-state index < -0.39 is 10.0 Å². The van der Waals surface area contributed by atoms with Gasteiger partial charge in [-0.3, -0.25) is 9.58 Å². The van der Waals surface area contributed by atoms with Crippen LogP contribution in [0.4, 0.5) is 0 Å². The molecule has 4 aliphatic rings. The third-order valence-electron chi connectivity index (χ3n) is 6.80. The molecule has 6 nitrogen and oxygen atoms in total. The lowest BCUT2D eigenvalue weighted by Gasteiger charge is -2.49. The molecular weight excluding hydrogens is 348 g/mol. The van der Waals surface area contributed by atoms with Crippen molar-refractivity contribution in [3.8, 4) is 0 Å². The summed E-state index contributed by atoms with van der Waals surface area (Å²) in [6.07, 6.45) is 10.2. The molecule has 5 rings (SSSR count). The molecule has 0 spiro atoms. The Morgan fingerprint density at radius 3 is 2.65 bits per heavy atom. The van der Waals surface area contributed by atoms with E-state index in [9.17, 15) is 8.42 Å². The van der Waals surface area contributed by atoms with Crippen molar-refractivity contribution in [1.29, 1.82) is 0 Å². The molecule has 1 saturated carbocycles. The van der Waals surface area contributed by atoms with Crippen molar-refractivity contribution >= 4 is 10.0 Å². The predicted molar refractivity (Wildman–Crippen MR) is 103 cm³/mol. The molecule has 7 heteroatoms. The first kappa shape index (κ1) is 18.4. The lowest BCUT2D eigenvalue weighted by atomic mass is 9.74. The van der Waals surface area contributed by atoms with Gasteiger partial charge < -0.3 is 0 Å². The summed E-state index contributed by atoms with van der Waals surface area (Å²) < 4.78 is 27.7. The molecule has 3 saturated heterocycles. The van der Waals surface area contributed by atoms with Gasteiger partial charge in [0.05, 0.1) is 11.9 Å². The molecule has 26 heavy (non-hydrogen) atoms. The molecular formula is C19H32N4O2S. The molecule has 1 unspecified atom stereocenters. The summed E-state index contributed by atoms with van der Waals surface area (Å²) in [4.78, 5) is 2.48. The highest BCUT2D eigenvalue weighted by molar-refractivity contribution is 7.88. The molecule has 0 radical (unpaired) electrons. The quantitative estimate of drug-likeness (QED) is 0.850. The van der Waals surface area contributed by atoms with Crippen molar-refractivity contribution in [2.75, 3.05) is 25.9 Å². The van der Waals surface area contributed by atoms with Crippen molar-refractivity contribution in [3.63, 3.8) is 0 Å². The lowest BCUT2D eigenvalue weighted by molar-refractivity contribution is 0.0306. The summed E-state index contributed by atoms with van der Waals surface area (Å²) in [5.74, 6) is 1.82. The summed E-state index contributed by atoms with van der Waals surface area (Å²) in [5, 5.41) is 4.89. The minimum Gasteiger partial charge on any atom is -0.298 e. The van der Waals surface area contributed by atoms with Crippen LogP contribution in [0.15, 0.2) is 6.07 Å². The first-order valence-corrected chi connectivity index (χ1v) is 12.0. The minimum absolute atomic E-state index is 0.339. The van der Waals surface area contributed by atoms with Crippen LogP contribution in [0.25, 0.3) is 0 Å². The Hall–Kier alpha value is -0.920. The van der Waals surface area contributed by atoms with E-state index in [1.807, 2.05) is 0 Å². The van der Waals surface area contributed by atoms with Crippen LogP contribution in [0.5, 0.6) is 0 Å². The molecule has 1 aliphatic carbocycles. The zero-order chi connectivity index (χ0) is 18.3. The molecule has 1 aromatic heterocycles. The number of rotatable bonds is 5. The van der Waals surface area contributed by atoms with Crippen molar-refractivity contribution in [2.45, 2.75) is 62.8 Å². The van der Waals surface area contributed by atoms with Gasteiger partial charge in [-0.25, -0.2) is 13.1 Å². The highest BCUT2D eigenvalue weighted by atomic mass is 32.2. The van der Waals surface area contributed by atoms with Gasteiger partial charge in [0, 0.05) is 43.7 Å². The SMILES string of the molecule is Cn1nc(C2CCCCC2)cc1[C@H]1CN2CC[C@H]1C[C@@H]2CNS(C)(=O)=O. The van der Waals surface area contributed by atoms with Crippen LogP contribution < -0.4 is 4.72 Å². The molecule has 0 aromatic carbocycles. The number of nitrogens with one attached hydrogen (secondary N) is 1. The molecule has 4 fully saturated rings. The van der Waals surface area contributed by atoms with E-state index in [0.717, 1.165) is 19.5 Å². The van der Waals surface area contributed by atoms with E-state index in [1.54, 1.807) is 0 Å². The number of piperidine rings is 3. The largest absolute Gasteiger partial charge is 0.298 e. The summed E-state index contributed by atoms with van der Waals surface area (Å²) in [6, 6.07) is 2.72. The summed E-state index contributed by atoms with van der Waals surface area (Å²) in [6.45, 7) is 2.66. The highest BCUT2D eigenvalue weighted by Gasteiger charge is 2.42. The molecule has 1 aromatic rings. The van der Waals surface area contributed by atoms with Gasteiger partial charge in [-0.05, 0) is 44.2 Å². The van der Waals surface area contributed by atoms with Crippen LogP contribution >= 0.6 is 0 Å². The smallest absolute Gasteiger partial charge is 0.208 e. The molecule has 4 atom stereocenters. The normalized spacial score (nSPS) is 32.8. The topological polar surface area (TPSA) is 67.2 Å². The Morgan fingerprint density at radius 2 is 2.00 bits per heavy atom. The molecule has 4 heterocycles. The van der Waals surface area contributed by atoms with Crippen molar-refractivity contribution in [2.24, 2.45) is 13.0 Å². The first-order chi connectivity index (χ1) is 12.4. The molecule has 0 amide bonds. The second-order valence-corrected chi connectivity index (χ2v) is 10.4. The summed E-state index contributed by atoms with van der Waals surface area (Å²) in [7, 11) is -1.01. The third-order valence-corrected chi connectivity index (χ3v) is 7.49. The number of fused-ring (bicyclic) bond motifs is 3. The molecule has 3 aliphatic heterocycles. The Balaban J connectivity index is 1.46. The highest BCUT2D eigenvalue weighted by Crippen LogP contribution is 2.42. The zero-order valence-electron chi connectivity index (χ0n) is 16.0. The van der Waals surface area contributed by atoms with Crippen LogP contribution in [-0.2, 0) is 17.1 Å². The van der Waals surface area contributed by atoms with Gasteiger partial charge in [-0.1, -0.05) is 19.3 Å². The maximum atomic E-state index is 11.4. The Kier molecular flexibility index (Phi) is 5.14. The number of aryl methyl sites for hydroxylation is 1. The fourth-order valence-corrected chi connectivity index (χ4v) is 5.88. The fourth-order valence-electron chi connectivity index (χ4n) is 5.38. The summed E-state index contributed by atoms with van der Waals surface area (Å²) in [5.41, 5.74) is 2.68. The fraction of sp³-hybridized carbons (Fsp3) is 0.842. The maximum absolute atomic E-state index is 11.4. The van der Waals surface area contributed by atoms with E-state index in [1.165, 1.54) is 56.2 Å². The first-order valence-electron chi connectivity index (χ1n) is 10.1. The van der Waals surface area contributed by atoms with E-state index in [2.05, 4.69) is 27.4 Å². The number of aromatic nitrogens is 2. The third kappa shape index (κ3) is 3.85. The Bertz CT molecular complexity index is 739. The standard InChI is InChI=1S/C19H32N4O2S/c1-22-19(11-18(21-22)14-6-4-3-5-7-14)17-13-23-9-8-15(17)10-16(23)12-20-26(2,24)25/h11,14-17,20H,3-10,12-13H2,1-2H3/t15-,16+,17-/m0/s1. The van der Waals surface area contributed by atoms with Gasteiger partial charge in [0.2, 0.25) is 10.0 Å². The van der Waals surface area contributed by atoms with Crippen LogP contribution in [-0.4, -0.2) is 55.0 Å². The number of hydrogen-bond donors (Lipinski definition) is 1. The molecule has 1 N–H and O–H groups in total. The van der Waals surface area contributed by atoms with E-state index in [-0.39, 0.29) is 0 Å². The van der Waals surface area contributed by atoms with Gasteiger partial charge in [-0.15, -0.1) is 0 Å². The Labute approximate surface area is 157 Å². The van der Waals surface area contributed by atoms with Gasteiger partial charge in [-0.2, -0.15) is 5.10 Å². The van der Waals surface area contributed by atoms with E-state index in [0.29, 0.717) is 30.3 Å². The average Bonchev–Trinajstić information content (AvgIpc) is 3.02. The lowest BCUT2D eigenvalue weighted by Crippen LogP contribution is -2.56. The van der Waals surface area contributed by atoms with Gasteiger partial charge >= 0.3 is 0 Å². The second-order valence-electron chi connectivity index (χ2n) is 8.61. The van der Waals surface area contributed by atoms with Crippen LogP contribution in [0, 0.1) is 5.92 Å². The predicted octanol–water partition coefficient (Wildman–Crippen LogP) is 2.19. The number of hydrogen-bond acceptors (Lipinski definition) is 4. The maximum Gasteiger partial charge on any atom is 0.208 e. The second kappa shape index (κ2) is 7.24. The van der Waals surface area contributed by atoms with Gasteiger partial charge in [0.1, 0.15) is 0 Å². The van der Waals surface area contributed by atoms with Crippen LogP contribution in [0.1, 0.15) is 68.2 Å². The zero-order valence-corrected chi connectivity index (χ0v) is 16.8. The van der Waals surface area contributed by atoms with Crippen molar-refractivity contribution in [1.82, 2.24) is 19.4 Å². The summed E-state index contributed by atoms with van der Waals surface area (Å²) >= 11 is 0.